The van der Waals surface area contributed by atoms with Gasteiger partial charge in [0.2, 0.25) is 0 Å². The zero-order valence-electron chi connectivity index (χ0n) is 14.4. The van der Waals surface area contributed by atoms with Gasteiger partial charge >= 0.3 is 12.0 Å². The lowest BCUT2D eigenvalue weighted by molar-refractivity contribution is -0.143. The number of ether oxygens (including phenoxy) is 1. The third-order valence-corrected chi connectivity index (χ3v) is 3.85. The summed E-state index contributed by atoms with van der Waals surface area (Å²) in [4.78, 5) is 26.9. The van der Waals surface area contributed by atoms with E-state index in [2.05, 4.69) is 21.7 Å². The van der Waals surface area contributed by atoms with Crippen LogP contribution in [0.4, 0.5) is 4.79 Å². The van der Waals surface area contributed by atoms with Crippen molar-refractivity contribution >= 4 is 22.9 Å². The highest BCUT2D eigenvalue weighted by molar-refractivity contribution is 5.84. The molecule has 24 heavy (non-hydrogen) atoms. The Labute approximate surface area is 142 Å². The van der Waals surface area contributed by atoms with Crippen LogP contribution in [0.15, 0.2) is 30.5 Å². The molecule has 3 N–H and O–H groups in total. The number of hydrogen-bond donors (Lipinski definition) is 3. The van der Waals surface area contributed by atoms with Crippen LogP contribution < -0.4 is 10.6 Å². The van der Waals surface area contributed by atoms with Crippen molar-refractivity contribution in [2.75, 3.05) is 13.7 Å². The second-order valence-electron chi connectivity index (χ2n) is 6.22. The molecule has 1 aromatic heterocycles. The number of carbonyl (C=O) groups excluding carboxylic acids is 2. The predicted octanol–water partition coefficient (Wildman–Crippen LogP) is 2.60. The Morgan fingerprint density at radius 3 is 2.71 bits per heavy atom. The molecule has 0 aliphatic rings. The molecule has 0 saturated heterocycles. The first-order valence-corrected chi connectivity index (χ1v) is 8.18. The maximum Gasteiger partial charge on any atom is 0.328 e. The zero-order chi connectivity index (χ0) is 17.5. The molecule has 2 rings (SSSR count). The number of rotatable bonds is 7. The summed E-state index contributed by atoms with van der Waals surface area (Å²) in [6.07, 6.45) is 3.22. The van der Waals surface area contributed by atoms with Gasteiger partial charge in [-0.15, -0.1) is 0 Å². The molecule has 1 heterocycles. The lowest BCUT2D eigenvalue weighted by atomic mass is 10.0. The van der Waals surface area contributed by atoms with Crippen molar-refractivity contribution in [2.45, 2.75) is 32.7 Å². The molecule has 2 amide bonds. The van der Waals surface area contributed by atoms with E-state index < -0.39 is 12.0 Å². The van der Waals surface area contributed by atoms with Gasteiger partial charge in [-0.25, -0.2) is 9.59 Å². The van der Waals surface area contributed by atoms with Crippen molar-refractivity contribution in [3.63, 3.8) is 0 Å². The molecule has 6 heteroatoms. The van der Waals surface area contributed by atoms with Gasteiger partial charge in [-0.05, 0) is 30.4 Å². The van der Waals surface area contributed by atoms with Crippen LogP contribution in [-0.2, 0) is 16.0 Å². The van der Waals surface area contributed by atoms with E-state index in [9.17, 15) is 9.59 Å². The van der Waals surface area contributed by atoms with Crippen LogP contribution in [-0.4, -0.2) is 36.7 Å². The smallest absolute Gasteiger partial charge is 0.328 e. The van der Waals surface area contributed by atoms with Crippen molar-refractivity contribution in [2.24, 2.45) is 5.92 Å². The lowest BCUT2D eigenvalue weighted by Crippen LogP contribution is -2.47. The fourth-order valence-corrected chi connectivity index (χ4v) is 2.69. The average molecular weight is 331 g/mol. The number of amides is 2. The summed E-state index contributed by atoms with van der Waals surface area (Å²) in [5.41, 5.74) is 2.23. The Morgan fingerprint density at radius 2 is 2.00 bits per heavy atom. The van der Waals surface area contributed by atoms with Crippen LogP contribution in [0.3, 0.4) is 0 Å². The van der Waals surface area contributed by atoms with Crippen LogP contribution in [0.1, 0.15) is 25.8 Å². The van der Waals surface area contributed by atoms with Crippen LogP contribution in [0.25, 0.3) is 10.9 Å². The number of H-pyrrole nitrogens is 1. The SMILES string of the molecule is COC(=O)[C@H](CC(C)C)NC(=O)NCCc1c[nH]c2ccccc12. The summed E-state index contributed by atoms with van der Waals surface area (Å²) in [5.74, 6) is -0.143. The summed E-state index contributed by atoms with van der Waals surface area (Å²) < 4.78 is 4.74. The number of fused-ring (bicyclic) bond motifs is 1. The molecule has 0 fully saturated rings. The Morgan fingerprint density at radius 1 is 1.25 bits per heavy atom. The highest BCUT2D eigenvalue weighted by Gasteiger charge is 2.22. The average Bonchev–Trinajstić information content (AvgIpc) is 2.96. The van der Waals surface area contributed by atoms with Gasteiger partial charge in [-0.1, -0.05) is 32.0 Å². The van der Waals surface area contributed by atoms with E-state index in [0.29, 0.717) is 19.4 Å². The van der Waals surface area contributed by atoms with E-state index in [1.165, 1.54) is 7.11 Å². The highest BCUT2D eigenvalue weighted by atomic mass is 16.5. The Kier molecular flexibility index (Phi) is 6.23. The molecule has 0 spiro atoms. The van der Waals surface area contributed by atoms with Gasteiger partial charge < -0.3 is 20.4 Å². The first kappa shape index (κ1) is 17.8. The number of para-hydroxylation sites is 1. The number of urea groups is 1. The maximum atomic E-state index is 12.0. The third kappa shape index (κ3) is 4.75. The summed E-state index contributed by atoms with van der Waals surface area (Å²) in [7, 11) is 1.33. The molecule has 2 aromatic rings. The number of nitrogens with one attached hydrogen (secondary N) is 3. The number of esters is 1. The number of methoxy groups -OCH3 is 1. The summed E-state index contributed by atoms with van der Waals surface area (Å²) in [6.45, 7) is 4.47. The second-order valence-corrected chi connectivity index (χ2v) is 6.22. The topological polar surface area (TPSA) is 83.2 Å². The maximum absolute atomic E-state index is 12.0. The van der Waals surface area contributed by atoms with Gasteiger partial charge in [0.25, 0.3) is 0 Å². The molecule has 0 radical (unpaired) electrons. The molecule has 0 bridgehead atoms. The van der Waals surface area contributed by atoms with Gasteiger partial charge in [-0.3, -0.25) is 0 Å². The first-order valence-electron chi connectivity index (χ1n) is 8.18. The van der Waals surface area contributed by atoms with Crippen molar-refractivity contribution < 1.29 is 14.3 Å². The molecule has 0 unspecified atom stereocenters. The molecular weight excluding hydrogens is 306 g/mol. The van der Waals surface area contributed by atoms with E-state index in [0.717, 1.165) is 16.5 Å². The number of carbonyl (C=O) groups is 2. The van der Waals surface area contributed by atoms with Crippen LogP contribution >= 0.6 is 0 Å². The molecule has 6 nitrogen and oxygen atoms in total. The predicted molar refractivity (Wildman–Crippen MR) is 93.8 cm³/mol. The molecule has 1 atom stereocenters. The largest absolute Gasteiger partial charge is 0.467 e. The number of aromatic nitrogens is 1. The van der Waals surface area contributed by atoms with Gasteiger partial charge in [0.15, 0.2) is 0 Å². The molecule has 0 saturated carbocycles. The minimum atomic E-state index is -0.622. The molecule has 130 valence electrons. The Hall–Kier alpha value is -2.50. The molecule has 0 aliphatic carbocycles. The van der Waals surface area contributed by atoms with Crippen molar-refractivity contribution in [3.05, 3.63) is 36.0 Å². The second kappa shape index (κ2) is 8.38. The van der Waals surface area contributed by atoms with E-state index in [1.807, 2.05) is 38.2 Å². The Bertz CT molecular complexity index is 694. The minimum Gasteiger partial charge on any atom is -0.467 e. The molecular formula is C18H25N3O3. The molecule has 0 aliphatic heterocycles. The van der Waals surface area contributed by atoms with E-state index >= 15 is 0 Å². The number of hydrogen-bond acceptors (Lipinski definition) is 3. The van der Waals surface area contributed by atoms with Crippen molar-refractivity contribution in [1.82, 2.24) is 15.6 Å². The van der Waals surface area contributed by atoms with E-state index in [-0.39, 0.29) is 11.9 Å². The van der Waals surface area contributed by atoms with E-state index in [4.69, 9.17) is 4.74 Å². The quantitative estimate of drug-likeness (QED) is 0.682. The highest BCUT2D eigenvalue weighted by Crippen LogP contribution is 2.17. The van der Waals surface area contributed by atoms with Crippen LogP contribution in [0, 0.1) is 5.92 Å². The zero-order valence-corrected chi connectivity index (χ0v) is 14.4. The molecule has 1 aromatic carbocycles. The van der Waals surface area contributed by atoms with Crippen molar-refractivity contribution in [3.8, 4) is 0 Å². The fourth-order valence-electron chi connectivity index (χ4n) is 2.69. The van der Waals surface area contributed by atoms with Crippen molar-refractivity contribution in [1.29, 1.82) is 0 Å². The Balaban J connectivity index is 1.84. The summed E-state index contributed by atoms with van der Waals surface area (Å²) in [6, 6.07) is 7.07. The van der Waals surface area contributed by atoms with E-state index in [1.54, 1.807) is 0 Å². The van der Waals surface area contributed by atoms with Gasteiger partial charge in [0.05, 0.1) is 7.11 Å². The van der Waals surface area contributed by atoms with Gasteiger partial charge in [0.1, 0.15) is 6.04 Å². The van der Waals surface area contributed by atoms with Gasteiger partial charge in [-0.2, -0.15) is 0 Å². The van der Waals surface area contributed by atoms with Crippen LogP contribution in [0.5, 0.6) is 0 Å². The summed E-state index contributed by atoms with van der Waals surface area (Å²) >= 11 is 0. The standard InChI is InChI=1S/C18H25N3O3/c1-12(2)10-16(17(22)24-3)21-18(23)19-9-8-13-11-20-15-7-5-4-6-14(13)15/h4-7,11-12,16,20H,8-10H2,1-3H3,(H2,19,21,23)/t16-/m0/s1. The lowest BCUT2D eigenvalue weighted by Gasteiger charge is -2.18. The van der Waals surface area contributed by atoms with Gasteiger partial charge in [0, 0.05) is 23.6 Å². The fraction of sp³-hybridized carbons (Fsp3) is 0.444. The normalized spacial score (nSPS) is 12.2. The number of benzene rings is 1. The number of aromatic amines is 1. The third-order valence-electron chi connectivity index (χ3n) is 3.85. The monoisotopic (exact) mass is 331 g/mol. The first-order chi connectivity index (χ1) is 11.5. The summed E-state index contributed by atoms with van der Waals surface area (Å²) in [5, 5.41) is 6.64. The van der Waals surface area contributed by atoms with Crippen LogP contribution in [0.2, 0.25) is 0 Å². The minimum absolute atomic E-state index is 0.278.